The number of alkyl halides is 1. The van der Waals surface area contributed by atoms with Crippen LogP contribution in [0.25, 0.3) is 0 Å². The molecular weight excluding hydrogens is 239 g/mol. The largest absolute Gasteiger partial charge is 0.490 e. The van der Waals surface area contributed by atoms with E-state index in [-0.39, 0.29) is 22.7 Å². The molecule has 1 fully saturated rings. The molecule has 0 aliphatic heterocycles. The van der Waals surface area contributed by atoms with Crippen LogP contribution in [-0.4, -0.2) is 11.5 Å². The van der Waals surface area contributed by atoms with Crippen LogP contribution < -0.4 is 4.74 Å². The summed E-state index contributed by atoms with van der Waals surface area (Å²) in [6, 6.07) is 4.87. The fraction of sp³-hybridized carbons (Fsp3) is 0.571. The van der Waals surface area contributed by atoms with E-state index in [0.717, 1.165) is 18.6 Å². The molecule has 1 aliphatic rings. The fourth-order valence-corrected chi connectivity index (χ4v) is 2.71. The van der Waals surface area contributed by atoms with Gasteiger partial charge in [-0.05, 0) is 37.1 Å². The summed E-state index contributed by atoms with van der Waals surface area (Å²) >= 11 is 6.23. The van der Waals surface area contributed by atoms with Crippen molar-refractivity contribution in [1.29, 1.82) is 0 Å². The first-order chi connectivity index (χ1) is 7.97. The highest BCUT2D eigenvalue weighted by Gasteiger charge is 2.51. The Morgan fingerprint density at radius 3 is 2.76 bits per heavy atom. The lowest BCUT2D eigenvalue weighted by molar-refractivity contribution is -0.0295. The number of benzene rings is 1. The van der Waals surface area contributed by atoms with Gasteiger partial charge in [0, 0.05) is 17.2 Å². The molecule has 0 spiro atoms. The van der Waals surface area contributed by atoms with Crippen molar-refractivity contribution in [1.82, 2.24) is 0 Å². The van der Waals surface area contributed by atoms with Gasteiger partial charge in [-0.3, -0.25) is 0 Å². The molecule has 0 N–H and O–H groups in total. The van der Waals surface area contributed by atoms with Crippen LogP contribution in [-0.2, 0) is 0 Å². The molecule has 0 aromatic heterocycles. The molecule has 3 heteroatoms. The molecule has 0 radical (unpaired) electrons. The minimum atomic E-state index is -0.195. The van der Waals surface area contributed by atoms with Crippen LogP contribution in [0.2, 0.25) is 0 Å². The van der Waals surface area contributed by atoms with Crippen molar-refractivity contribution in [3.8, 4) is 5.75 Å². The second-order valence-electron chi connectivity index (χ2n) is 5.08. The first-order valence-corrected chi connectivity index (χ1v) is 6.48. The summed E-state index contributed by atoms with van der Waals surface area (Å²) in [7, 11) is 0. The smallest absolute Gasteiger partial charge is 0.126 e. The van der Waals surface area contributed by atoms with Gasteiger partial charge in [0.25, 0.3) is 0 Å². The maximum absolute atomic E-state index is 13.1. The van der Waals surface area contributed by atoms with Gasteiger partial charge in [-0.1, -0.05) is 13.8 Å². The second-order valence-corrected chi connectivity index (χ2v) is 5.61. The highest BCUT2D eigenvalue weighted by molar-refractivity contribution is 6.21. The van der Waals surface area contributed by atoms with E-state index in [2.05, 4.69) is 13.8 Å². The van der Waals surface area contributed by atoms with Crippen LogP contribution in [0.5, 0.6) is 5.75 Å². The van der Waals surface area contributed by atoms with Crippen molar-refractivity contribution in [2.45, 2.75) is 45.1 Å². The maximum atomic E-state index is 13.1. The van der Waals surface area contributed by atoms with E-state index in [4.69, 9.17) is 16.3 Å². The van der Waals surface area contributed by atoms with E-state index >= 15 is 0 Å². The van der Waals surface area contributed by atoms with Crippen molar-refractivity contribution >= 4 is 11.6 Å². The third-order valence-corrected chi connectivity index (χ3v) is 4.72. The number of ether oxygens (including phenoxy) is 1. The predicted octanol–water partition coefficient (Wildman–Crippen LogP) is 4.31. The SMILES string of the molecule is CCC1(C)C(Cl)CC1Oc1ccc(F)c(C)c1. The molecule has 1 nitrogen and oxygen atoms in total. The Kier molecular flexibility index (Phi) is 3.35. The van der Waals surface area contributed by atoms with Gasteiger partial charge in [-0.2, -0.15) is 0 Å². The molecular formula is C14H18ClFO. The average molecular weight is 257 g/mol. The first kappa shape index (κ1) is 12.7. The molecule has 0 saturated heterocycles. The van der Waals surface area contributed by atoms with Crippen molar-refractivity contribution in [3.63, 3.8) is 0 Å². The highest BCUT2D eigenvalue weighted by atomic mass is 35.5. The van der Waals surface area contributed by atoms with Gasteiger partial charge in [0.05, 0.1) is 0 Å². The molecule has 3 unspecified atom stereocenters. The van der Waals surface area contributed by atoms with Crippen molar-refractivity contribution in [3.05, 3.63) is 29.6 Å². The van der Waals surface area contributed by atoms with Gasteiger partial charge in [-0.25, -0.2) is 4.39 Å². The van der Waals surface area contributed by atoms with Crippen LogP contribution >= 0.6 is 11.6 Å². The van der Waals surface area contributed by atoms with E-state index in [0.29, 0.717) is 5.56 Å². The third-order valence-electron chi connectivity index (χ3n) is 4.04. The Hall–Kier alpha value is -0.760. The molecule has 3 atom stereocenters. The minimum absolute atomic E-state index is 0.0316. The van der Waals surface area contributed by atoms with Crippen molar-refractivity contribution in [2.75, 3.05) is 0 Å². The van der Waals surface area contributed by atoms with E-state index < -0.39 is 0 Å². The van der Waals surface area contributed by atoms with Crippen LogP contribution in [0.1, 0.15) is 32.3 Å². The molecule has 1 aromatic carbocycles. The number of halogens is 2. The number of rotatable bonds is 3. The Morgan fingerprint density at radius 1 is 1.53 bits per heavy atom. The van der Waals surface area contributed by atoms with E-state index in [9.17, 15) is 4.39 Å². The molecule has 1 saturated carbocycles. The third kappa shape index (κ3) is 2.15. The molecule has 1 aromatic rings. The zero-order valence-electron chi connectivity index (χ0n) is 10.5. The van der Waals surface area contributed by atoms with Gasteiger partial charge >= 0.3 is 0 Å². The van der Waals surface area contributed by atoms with Crippen LogP contribution in [0.4, 0.5) is 4.39 Å². The zero-order chi connectivity index (χ0) is 12.6. The van der Waals surface area contributed by atoms with Crippen molar-refractivity contribution < 1.29 is 9.13 Å². The fourth-order valence-electron chi connectivity index (χ4n) is 2.25. The van der Waals surface area contributed by atoms with Gasteiger partial charge in [0.1, 0.15) is 17.7 Å². The van der Waals surface area contributed by atoms with E-state index in [1.54, 1.807) is 19.1 Å². The van der Waals surface area contributed by atoms with Crippen LogP contribution in [0.15, 0.2) is 18.2 Å². The van der Waals surface area contributed by atoms with Crippen molar-refractivity contribution in [2.24, 2.45) is 5.41 Å². The lowest BCUT2D eigenvalue weighted by atomic mass is 9.65. The lowest BCUT2D eigenvalue weighted by Gasteiger charge is -2.50. The zero-order valence-corrected chi connectivity index (χ0v) is 11.2. The quantitative estimate of drug-likeness (QED) is 0.733. The summed E-state index contributed by atoms with van der Waals surface area (Å²) in [5.74, 6) is 0.538. The van der Waals surface area contributed by atoms with Crippen LogP contribution in [0, 0.1) is 18.2 Å². The monoisotopic (exact) mass is 256 g/mol. The Morgan fingerprint density at radius 2 is 2.24 bits per heavy atom. The maximum Gasteiger partial charge on any atom is 0.126 e. The molecule has 0 bridgehead atoms. The number of hydrogen-bond acceptors (Lipinski definition) is 1. The normalized spacial score (nSPS) is 32.1. The Bertz CT molecular complexity index is 421. The predicted molar refractivity (Wildman–Crippen MR) is 68.2 cm³/mol. The Balaban J connectivity index is 2.09. The minimum Gasteiger partial charge on any atom is -0.490 e. The van der Waals surface area contributed by atoms with Gasteiger partial charge in [0.2, 0.25) is 0 Å². The topological polar surface area (TPSA) is 9.23 Å². The average Bonchev–Trinajstić information content (AvgIpc) is 2.32. The summed E-state index contributed by atoms with van der Waals surface area (Å²) in [5.41, 5.74) is 0.645. The molecule has 17 heavy (non-hydrogen) atoms. The molecule has 94 valence electrons. The summed E-state index contributed by atoms with van der Waals surface area (Å²) in [5, 5.41) is 0.180. The van der Waals surface area contributed by atoms with Crippen LogP contribution in [0.3, 0.4) is 0 Å². The van der Waals surface area contributed by atoms with Gasteiger partial charge in [0.15, 0.2) is 0 Å². The molecule has 0 amide bonds. The highest BCUT2D eigenvalue weighted by Crippen LogP contribution is 2.49. The lowest BCUT2D eigenvalue weighted by Crippen LogP contribution is -2.55. The molecule has 1 aliphatic carbocycles. The van der Waals surface area contributed by atoms with E-state index in [1.807, 2.05) is 0 Å². The first-order valence-electron chi connectivity index (χ1n) is 6.04. The second kappa shape index (κ2) is 4.49. The summed E-state index contributed by atoms with van der Waals surface area (Å²) in [4.78, 5) is 0. The number of hydrogen-bond donors (Lipinski definition) is 0. The molecule has 0 heterocycles. The summed E-state index contributed by atoms with van der Waals surface area (Å²) in [6.45, 7) is 6.02. The van der Waals surface area contributed by atoms with Gasteiger partial charge in [-0.15, -0.1) is 11.6 Å². The van der Waals surface area contributed by atoms with E-state index in [1.165, 1.54) is 6.07 Å². The Labute approximate surface area is 107 Å². The molecule has 2 rings (SSSR count). The summed E-state index contributed by atoms with van der Waals surface area (Å²) < 4.78 is 19.0. The van der Waals surface area contributed by atoms with Gasteiger partial charge < -0.3 is 4.74 Å². The standard InChI is InChI=1S/C14H18ClFO/c1-4-14(3)12(15)8-13(14)17-10-5-6-11(16)9(2)7-10/h5-7,12-13H,4,8H2,1-3H3. The number of aryl methyl sites for hydroxylation is 1. The summed E-state index contributed by atoms with van der Waals surface area (Å²) in [6.07, 6.45) is 1.99.